The Labute approximate surface area is 162 Å². The van der Waals surface area contributed by atoms with Gasteiger partial charge in [-0.3, -0.25) is 9.59 Å². The van der Waals surface area contributed by atoms with Gasteiger partial charge in [-0.05, 0) is 44.4 Å². The SMILES string of the molecule is CCOc1cc2c(cc1CNC(=O)[C@H](C)NC(=O)c1cccs1)O[C@@H](C)C2. The molecule has 0 aliphatic carbocycles. The Bertz CT molecular complexity index is 820. The van der Waals surface area contributed by atoms with Crippen molar-refractivity contribution in [2.75, 3.05) is 6.61 Å². The van der Waals surface area contributed by atoms with Gasteiger partial charge in [0.05, 0.1) is 11.5 Å². The molecule has 144 valence electrons. The zero-order chi connectivity index (χ0) is 19.4. The van der Waals surface area contributed by atoms with Crippen molar-refractivity contribution in [2.24, 2.45) is 0 Å². The number of thiophene rings is 1. The molecular formula is C20H24N2O4S. The monoisotopic (exact) mass is 388 g/mol. The maximum absolute atomic E-state index is 12.4. The summed E-state index contributed by atoms with van der Waals surface area (Å²) in [5.41, 5.74) is 1.98. The van der Waals surface area contributed by atoms with Crippen molar-refractivity contribution in [1.29, 1.82) is 0 Å². The van der Waals surface area contributed by atoms with E-state index in [0.29, 0.717) is 18.0 Å². The molecule has 1 aromatic heterocycles. The van der Waals surface area contributed by atoms with Crippen LogP contribution in [-0.2, 0) is 17.8 Å². The summed E-state index contributed by atoms with van der Waals surface area (Å²) >= 11 is 1.34. The summed E-state index contributed by atoms with van der Waals surface area (Å²) in [5.74, 6) is 1.10. The van der Waals surface area contributed by atoms with Crippen LogP contribution in [0.4, 0.5) is 0 Å². The molecule has 2 N–H and O–H groups in total. The van der Waals surface area contributed by atoms with E-state index in [9.17, 15) is 9.59 Å². The van der Waals surface area contributed by atoms with Gasteiger partial charge in [-0.1, -0.05) is 6.07 Å². The Balaban J connectivity index is 1.62. The first-order chi connectivity index (χ1) is 13.0. The van der Waals surface area contributed by atoms with Gasteiger partial charge in [0.25, 0.3) is 5.91 Å². The van der Waals surface area contributed by atoms with Crippen LogP contribution in [0.1, 0.15) is 41.6 Å². The fourth-order valence-corrected chi connectivity index (χ4v) is 3.61. The molecule has 27 heavy (non-hydrogen) atoms. The van der Waals surface area contributed by atoms with Crippen LogP contribution in [0.3, 0.4) is 0 Å². The molecule has 0 unspecified atom stereocenters. The van der Waals surface area contributed by atoms with E-state index < -0.39 is 6.04 Å². The third-order valence-corrected chi connectivity index (χ3v) is 5.19. The Morgan fingerprint density at radius 1 is 1.41 bits per heavy atom. The van der Waals surface area contributed by atoms with Crippen molar-refractivity contribution < 1.29 is 19.1 Å². The molecule has 7 heteroatoms. The molecule has 2 aromatic rings. The predicted octanol–water partition coefficient (Wildman–Crippen LogP) is 2.90. The highest BCUT2D eigenvalue weighted by atomic mass is 32.1. The Morgan fingerprint density at radius 2 is 2.22 bits per heavy atom. The third kappa shape index (κ3) is 4.60. The zero-order valence-corrected chi connectivity index (χ0v) is 16.5. The first kappa shape index (κ1) is 19.2. The van der Waals surface area contributed by atoms with Crippen LogP contribution in [0.5, 0.6) is 11.5 Å². The minimum Gasteiger partial charge on any atom is -0.494 e. The van der Waals surface area contributed by atoms with Crippen molar-refractivity contribution in [3.05, 3.63) is 45.6 Å². The summed E-state index contributed by atoms with van der Waals surface area (Å²) in [6.07, 6.45) is 1.00. The molecule has 3 rings (SSSR count). The van der Waals surface area contributed by atoms with E-state index in [2.05, 4.69) is 10.6 Å². The topological polar surface area (TPSA) is 76.7 Å². The molecule has 0 saturated heterocycles. The zero-order valence-electron chi connectivity index (χ0n) is 15.7. The van der Waals surface area contributed by atoms with Crippen LogP contribution in [0.25, 0.3) is 0 Å². The number of ether oxygens (including phenoxy) is 2. The molecule has 0 spiro atoms. The van der Waals surface area contributed by atoms with Crippen LogP contribution < -0.4 is 20.1 Å². The van der Waals surface area contributed by atoms with E-state index in [-0.39, 0.29) is 17.9 Å². The molecule has 1 aliphatic heterocycles. The summed E-state index contributed by atoms with van der Waals surface area (Å²) in [4.78, 5) is 25.0. The van der Waals surface area contributed by atoms with E-state index in [0.717, 1.165) is 29.0 Å². The molecule has 0 radical (unpaired) electrons. The fraction of sp³-hybridized carbons (Fsp3) is 0.400. The minimum atomic E-state index is -0.638. The van der Waals surface area contributed by atoms with Gasteiger partial charge >= 0.3 is 0 Å². The molecule has 1 aromatic carbocycles. The molecule has 0 bridgehead atoms. The normalized spacial score (nSPS) is 16.2. The Kier molecular flexibility index (Phi) is 6.01. The molecule has 0 saturated carbocycles. The largest absolute Gasteiger partial charge is 0.494 e. The standard InChI is InChI=1S/C20H24N2O4S/c1-4-25-16-9-14-8-12(2)26-17(14)10-15(16)11-21-19(23)13(3)22-20(24)18-6-5-7-27-18/h5-7,9-10,12-13H,4,8,11H2,1-3H3,(H,21,23)(H,22,24)/t12-,13-/m0/s1. The van der Waals surface area contributed by atoms with Gasteiger partial charge in [-0.25, -0.2) is 0 Å². The van der Waals surface area contributed by atoms with Gasteiger partial charge in [0.1, 0.15) is 23.6 Å². The van der Waals surface area contributed by atoms with E-state index in [1.807, 2.05) is 31.4 Å². The predicted molar refractivity (Wildman–Crippen MR) is 104 cm³/mol. The van der Waals surface area contributed by atoms with Gasteiger partial charge in [0.15, 0.2) is 0 Å². The average molecular weight is 388 g/mol. The summed E-state index contributed by atoms with van der Waals surface area (Å²) in [6, 6.07) is 6.81. The fourth-order valence-electron chi connectivity index (χ4n) is 2.99. The molecule has 6 nitrogen and oxygen atoms in total. The third-order valence-electron chi connectivity index (χ3n) is 4.32. The first-order valence-electron chi connectivity index (χ1n) is 9.05. The maximum Gasteiger partial charge on any atom is 0.261 e. The lowest BCUT2D eigenvalue weighted by atomic mass is 10.1. The van der Waals surface area contributed by atoms with Crippen molar-refractivity contribution in [3.63, 3.8) is 0 Å². The van der Waals surface area contributed by atoms with Crippen molar-refractivity contribution in [3.8, 4) is 11.5 Å². The Hall–Kier alpha value is -2.54. The number of nitrogens with one attached hydrogen (secondary N) is 2. The number of hydrogen-bond acceptors (Lipinski definition) is 5. The van der Waals surface area contributed by atoms with E-state index >= 15 is 0 Å². The second-order valence-corrected chi connectivity index (χ2v) is 7.47. The average Bonchev–Trinajstić information content (AvgIpc) is 3.28. The number of carbonyl (C=O) groups is 2. The van der Waals surface area contributed by atoms with Crippen LogP contribution in [0.15, 0.2) is 29.6 Å². The quantitative estimate of drug-likeness (QED) is 0.765. The van der Waals surface area contributed by atoms with Crippen molar-refractivity contribution >= 4 is 23.2 Å². The lowest BCUT2D eigenvalue weighted by Crippen LogP contribution is -2.44. The second-order valence-electron chi connectivity index (χ2n) is 6.52. The molecule has 2 atom stereocenters. The lowest BCUT2D eigenvalue weighted by Gasteiger charge is -2.16. The van der Waals surface area contributed by atoms with E-state index in [4.69, 9.17) is 9.47 Å². The van der Waals surface area contributed by atoms with Gasteiger partial charge in [-0.15, -0.1) is 11.3 Å². The number of hydrogen-bond donors (Lipinski definition) is 2. The highest BCUT2D eigenvalue weighted by molar-refractivity contribution is 7.12. The van der Waals surface area contributed by atoms with Crippen LogP contribution in [0.2, 0.25) is 0 Å². The molecule has 2 amide bonds. The Morgan fingerprint density at radius 3 is 2.93 bits per heavy atom. The van der Waals surface area contributed by atoms with E-state index in [1.165, 1.54) is 11.3 Å². The summed E-state index contributed by atoms with van der Waals surface area (Å²) in [5, 5.41) is 7.40. The number of fused-ring (bicyclic) bond motifs is 1. The highest BCUT2D eigenvalue weighted by Gasteiger charge is 2.23. The van der Waals surface area contributed by atoms with Gasteiger partial charge in [0, 0.05) is 24.1 Å². The second kappa shape index (κ2) is 8.43. The first-order valence-corrected chi connectivity index (χ1v) is 9.93. The highest BCUT2D eigenvalue weighted by Crippen LogP contribution is 2.35. The lowest BCUT2D eigenvalue weighted by molar-refractivity contribution is -0.122. The van der Waals surface area contributed by atoms with Crippen LogP contribution in [0, 0.1) is 0 Å². The molecule has 2 heterocycles. The smallest absolute Gasteiger partial charge is 0.261 e. The minimum absolute atomic E-state index is 0.145. The summed E-state index contributed by atoms with van der Waals surface area (Å²) in [7, 11) is 0. The van der Waals surface area contributed by atoms with Crippen LogP contribution in [-0.4, -0.2) is 30.6 Å². The number of rotatable bonds is 7. The molecular weight excluding hydrogens is 364 g/mol. The van der Waals surface area contributed by atoms with Gasteiger partial charge < -0.3 is 20.1 Å². The molecule has 0 fully saturated rings. The maximum atomic E-state index is 12.4. The number of benzene rings is 1. The number of carbonyl (C=O) groups excluding carboxylic acids is 2. The van der Waals surface area contributed by atoms with Crippen molar-refractivity contribution in [2.45, 2.75) is 45.9 Å². The van der Waals surface area contributed by atoms with Gasteiger partial charge in [0.2, 0.25) is 5.91 Å². The molecule has 1 aliphatic rings. The number of amides is 2. The van der Waals surface area contributed by atoms with Crippen molar-refractivity contribution in [1.82, 2.24) is 10.6 Å². The summed E-state index contributed by atoms with van der Waals surface area (Å²) in [6.45, 7) is 6.47. The van der Waals surface area contributed by atoms with E-state index in [1.54, 1.807) is 19.1 Å². The van der Waals surface area contributed by atoms with Gasteiger partial charge in [-0.2, -0.15) is 0 Å². The summed E-state index contributed by atoms with van der Waals surface area (Å²) < 4.78 is 11.5. The van der Waals surface area contributed by atoms with Crippen LogP contribution >= 0.6 is 11.3 Å².